The Morgan fingerprint density at radius 3 is 2.30 bits per heavy atom. The van der Waals surface area contributed by atoms with Gasteiger partial charge >= 0.3 is 5.97 Å². The summed E-state index contributed by atoms with van der Waals surface area (Å²) in [6.07, 6.45) is 2.55. The summed E-state index contributed by atoms with van der Waals surface area (Å²) in [6.45, 7) is 0. The summed E-state index contributed by atoms with van der Waals surface area (Å²) in [5, 5.41) is 12.0. The van der Waals surface area contributed by atoms with Crippen molar-refractivity contribution in [2.45, 2.75) is 12.2 Å². The number of carbonyl (C=O) groups excluding carboxylic acids is 1. The molecule has 2 aliphatic rings. The van der Waals surface area contributed by atoms with E-state index < -0.39 is 30.0 Å². The Kier molecular flexibility index (Phi) is 3.51. The highest BCUT2D eigenvalue weighted by Crippen LogP contribution is 2.39. The maximum absolute atomic E-state index is 12.3. The van der Waals surface area contributed by atoms with Crippen molar-refractivity contribution in [1.82, 2.24) is 0 Å². The lowest BCUT2D eigenvalue weighted by atomic mass is 9.82. The number of carboxylic acid groups (broad SMARTS) is 1. The molecule has 1 fully saturated rings. The molecular formula is C14H12INO4. The van der Waals surface area contributed by atoms with Crippen LogP contribution >= 0.6 is 22.6 Å². The van der Waals surface area contributed by atoms with Crippen LogP contribution in [0.2, 0.25) is 0 Å². The van der Waals surface area contributed by atoms with Crippen LogP contribution in [-0.4, -0.2) is 29.2 Å². The summed E-state index contributed by atoms with van der Waals surface area (Å²) in [5.41, 5.74) is 0.659. The van der Waals surface area contributed by atoms with Crippen molar-refractivity contribution in [1.29, 1.82) is 0 Å². The third-order valence-corrected chi connectivity index (χ3v) is 4.32. The number of ether oxygens (including phenoxy) is 1. The lowest BCUT2D eigenvalue weighted by Crippen LogP contribution is -2.39. The standard InChI is InChI=1S/C14H12INO4/c15-7-1-3-8(4-2-7)16-13(17)11-9-5-6-10(20-9)12(11)14(18)19/h1-6,9-12H,(H,16,17)(H,18,19)/t9-,10+,11+,12-/m1/s1. The van der Waals surface area contributed by atoms with Gasteiger partial charge in [0.1, 0.15) is 5.92 Å². The summed E-state index contributed by atoms with van der Waals surface area (Å²) in [7, 11) is 0. The van der Waals surface area contributed by atoms with Gasteiger partial charge in [-0.15, -0.1) is 0 Å². The van der Waals surface area contributed by atoms with E-state index in [1.165, 1.54) is 0 Å². The molecule has 1 aromatic rings. The van der Waals surface area contributed by atoms with Crippen molar-refractivity contribution in [2.24, 2.45) is 11.8 Å². The van der Waals surface area contributed by atoms with Crippen LogP contribution in [0.15, 0.2) is 36.4 Å². The fourth-order valence-electron chi connectivity index (χ4n) is 2.67. The van der Waals surface area contributed by atoms with Gasteiger partial charge in [-0.1, -0.05) is 12.2 Å². The fraction of sp³-hybridized carbons (Fsp3) is 0.286. The molecule has 2 heterocycles. The molecule has 2 aliphatic heterocycles. The van der Waals surface area contributed by atoms with Crippen LogP contribution in [0.25, 0.3) is 0 Å². The van der Waals surface area contributed by atoms with E-state index in [-0.39, 0.29) is 5.91 Å². The van der Waals surface area contributed by atoms with Crippen LogP contribution in [0.3, 0.4) is 0 Å². The van der Waals surface area contributed by atoms with Crippen molar-refractivity contribution in [3.05, 3.63) is 40.0 Å². The average Bonchev–Trinajstić information content (AvgIpc) is 3.01. The second kappa shape index (κ2) is 5.17. The number of amides is 1. The van der Waals surface area contributed by atoms with Crippen molar-refractivity contribution in [3.8, 4) is 0 Å². The molecule has 0 aromatic heterocycles. The highest BCUT2D eigenvalue weighted by atomic mass is 127. The first-order chi connectivity index (χ1) is 9.56. The maximum Gasteiger partial charge on any atom is 0.310 e. The van der Waals surface area contributed by atoms with Crippen LogP contribution in [0.1, 0.15) is 0 Å². The molecule has 0 saturated carbocycles. The highest BCUT2D eigenvalue weighted by molar-refractivity contribution is 14.1. The van der Waals surface area contributed by atoms with Crippen molar-refractivity contribution >= 4 is 40.2 Å². The predicted octanol–water partition coefficient (Wildman–Crippen LogP) is 1.88. The maximum atomic E-state index is 12.3. The second-order valence-corrected chi connectivity index (χ2v) is 6.08. The number of aliphatic carboxylic acids is 1. The van der Waals surface area contributed by atoms with E-state index in [1.54, 1.807) is 24.3 Å². The quantitative estimate of drug-likeness (QED) is 0.616. The van der Waals surface area contributed by atoms with E-state index >= 15 is 0 Å². The SMILES string of the molecule is O=C(Nc1ccc(I)cc1)[C@@H]1[C@H](C(=O)O)[C@@H]2C=C[C@H]1O2. The van der Waals surface area contributed by atoms with Crippen LogP contribution in [-0.2, 0) is 14.3 Å². The molecule has 1 saturated heterocycles. The number of benzene rings is 1. The fourth-order valence-corrected chi connectivity index (χ4v) is 3.03. The van der Waals surface area contributed by atoms with Gasteiger partial charge in [0.15, 0.2) is 0 Å². The molecule has 5 nitrogen and oxygen atoms in total. The lowest BCUT2D eigenvalue weighted by Gasteiger charge is -2.20. The Hall–Kier alpha value is -1.41. The molecule has 4 atom stereocenters. The van der Waals surface area contributed by atoms with E-state index in [9.17, 15) is 14.7 Å². The van der Waals surface area contributed by atoms with E-state index in [0.29, 0.717) is 5.69 Å². The molecule has 3 rings (SSSR count). The number of carboxylic acids is 1. The van der Waals surface area contributed by atoms with E-state index in [1.807, 2.05) is 12.1 Å². The molecule has 0 radical (unpaired) electrons. The average molecular weight is 385 g/mol. The minimum Gasteiger partial charge on any atom is -0.481 e. The largest absolute Gasteiger partial charge is 0.481 e. The highest BCUT2D eigenvalue weighted by Gasteiger charge is 2.53. The molecular weight excluding hydrogens is 373 g/mol. The third kappa shape index (κ3) is 2.33. The van der Waals surface area contributed by atoms with Crippen LogP contribution in [0.5, 0.6) is 0 Å². The Labute approximate surface area is 129 Å². The second-order valence-electron chi connectivity index (χ2n) is 4.84. The predicted molar refractivity (Wildman–Crippen MR) is 80.2 cm³/mol. The van der Waals surface area contributed by atoms with Gasteiger partial charge in [0.25, 0.3) is 0 Å². The summed E-state index contributed by atoms with van der Waals surface area (Å²) in [6, 6.07) is 7.34. The van der Waals surface area contributed by atoms with Crippen LogP contribution < -0.4 is 5.32 Å². The van der Waals surface area contributed by atoms with E-state index in [2.05, 4.69) is 27.9 Å². The van der Waals surface area contributed by atoms with Gasteiger partial charge in [-0.2, -0.15) is 0 Å². The first-order valence-electron chi connectivity index (χ1n) is 6.19. The normalized spacial score (nSPS) is 30.4. The monoisotopic (exact) mass is 385 g/mol. The first kappa shape index (κ1) is 13.6. The van der Waals surface area contributed by atoms with Gasteiger partial charge < -0.3 is 15.2 Å². The molecule has 20 heavy (non-hydrogen) atoms. The number of halogens is 1. The smallest absolute Gasteiger partial charge is 0.310 e. The number of hydrogen-bond acceptors (Lipinski definition) is 3. The van der Waals surface area contributed by atoms with Gasteiger partial charge in [0, 0.05) is 9.26 Å². The zero-order valence-electron chi connectivity index (χ0n) is 10.3. The molecule has 2 N–H and O–H groups in total. The molecule has 6 heteroatoms. The first-order valence-corrected chi connectivity index (χ1v) is 7.27. The number of rotatable bonds is 3. The van der Waals surface area contributed by atoms with Gasteiger partial charge in [-0.05, 0) is 46.9 Å². The van der Waals surface area contributed by atoms with Gasteiger partial charge in [-0.25, -0.2) is 0 Å². The van der Waals surface area contributed by atoms with Crippen molar-refractivity contribution < 1.29 is 19.4 Å². The van der Waals surface area contributed by atoms with Gasteiger partial charge in [-0.3, -0.25) is 9.59 Å². The Balaban J connectivity index is 1.78. The van der Waals surface area contributed by atoms with Gasteiger partial charge in [0.05, 0.1) is 18.1 Å². The Bertz CT molecular complexity index is 583. The van der Waals surface area contributed by atoms with Crippen LogP contribution in [0, 0.1) is 15.4 Å². The molecule has 0 spiro atoms. The molecule has 104 valence electrons. The topological polar surface area (TPSA) is 75.6 Å². The zero-order valence-corrected chi connectivity index (χ0v) is 12.5. The third-order valence-electron chi connectivity index (χ3n) is 3.60. The Morgan fingerprint density at radius 1 is 1.10 bits per heavy atom. The molecule has 0 unspecified atom stereocenters. The molecule has 1 amide bonds. The zero-order chi connectivity index (χ0) is 14.3. The number of nitrogens with one attached hydrogen (secondary N) is 1. The number of hydrogen-bond donors (Lipinski definition) is 2. The summed E-state index contributed by atoms with van der Waals surface area (Å²) >= 11 is 2.18. The van der Waals surface area contributed by atoms with E-state index in [0.717, 1.165) is 3.57 Å². The number of fused-ring (bicyclic) bond motifs is 2. The van der Waals surface area contributed by atoms with Crippen molar-refractivity contribution in [3.63, 3.8) is 0 Å². The number of carbonyl (C=O) groups is 2. The summed E-state index contributed by atoms with van der Waals surface area (Å²) in [5.74, 6) is -2.80. The summed E-state index contributed by atoms with van der Waals surface area (Å²) < 4.78 is 6.55. The molecule has 1 aromatic carbocycles. The van der Waals surface area contributed by atoms with Gasteiger partial charge in [0.2, 0.25) is 5.91 Å². The van der Waals surface area contributed by atoms with E-state index in [4.69, 9.17) is 4.74 Å². The van der Waals surface area contributed by atoms with Crippen molar-refractivity contribution in [2.75, 3.05) is 5.32 Å². The molecule has 0 aliphatic carbocycles. The number of anilines is 1. The van der Waals surface area contributed by atoms with Crippen LogP contribution in [0.4, 0.5) is 5.69 Å². The Morgan fingerprint density at radius 2 is 1.70 bits per heavy atom. The molecule has 2 bridgehead atoms. The summed E-state index contributed by atoms with van der Waals surface area (Å²) in [4.78, 5) is 23.6. The minimum absolute atomic E-state index is 0.310. The minimum atomic E-state index is -0.996. The lowest BCUT2D eigenvalue weighted by molar-refractivity contribution is -0.145.